The maximum Gasteiger partial charge on any atom is 0.251 e. The molecule has 1 fully saturated rings. The molecule has 1 atom stereocenters. The molecular weight excluding hydrogens is 396 g/mol. The lowest BCUT2D eigenvalue weighted by Gasteiger charge is -2.32. The van der Waals surface area contributed by atoms with Gasteiger partial charge in [-0.1, -0.05) is 55.5 Å². The standard InChI is InChI=1S/C28H32N2O2/c1-21-15-17-30(18-16-21)26-13-11-24(12-14-26)22(2)29-28(31)25-9-6-10-27(19-25)32-20-23-7-4-3-5-8-23/h3-14,19,21-22H,15-18,20H2,1-2H3,(H,29,31)/t22-/m0/s1. The van der Waals surface area contributed by atoms with Gasteiger partial charge in [0.25, 0.3) is 5.91 Å². The van der Waals surface area contributed by atoms with Crippen LogP contribution in [0.2, 0.25) is 0 Å². The first-order valence-electron chi connectivity index (χ1n) is 11.5. The molecule has 0 bridgehead atoms. The summed E-state index contributed by atoms with van der Waals surface area (Å²) < 4.78 is 5.87. The molecule has 1 aliphatic rings. The quantitative estimate of drug-likeness (QED) is 0.502. The highest BCUT2D eigenvalue weighted by atomic mass is 16.5. The second-order valence-corrected chi connectivity index (χ2v) is 8.76. The summed E-state index contributed by atoms with van der Waals surface area (Å²) in [6.07, 6.45) is 2.50. The molecule has 0 radical (unpaired) electrons. The lowest BCUT2D eigenvalue weighted by Crippen LogP contribution is -2.32. The van der Waals surface area contributed by atoms with Gasteiger partial charge in [-0.2, -0.15) is 0 Å². The Hall–Kier alpha value is -3.27. The summed E-state index contributed by atoms with van der Waals surface area (Å²) in [5.74, 6) is 1.41. The average Bonchev–Trinajstić information content (AvgIpc) is 2.84. The van der Waals surface area contributed by atoms with Gasteiger partial charge in [0.1, 0.15) is 12.4 Å². The zero-order valence-corrected chi connectivity index (χ0v) is 19.0. The van der Waals surface area contributed by atoms with Gasteiger partial charge in [-0.3, -0.25) is 4.79 Å². The van der Waals surface area contributed by atoms with Crippen LogP contribution < -0.4 is 15.0 Å². The van der Waals surface area contributed by atoms with Crippen molar-refractivity contribution in [2.45, 2.75) is 39.3 Å². The normalized spacial score (nSPS) is 15.2. The number of carbonyl (C=O) groups is 1. The number of anilines is 1. The minimum Gasteiger partial charge on any atom is -0.489 e. The van der Waals surface area contributed by atoms with E-state index in [2.05, 4.69) is 41.4 Å². The maximum absolute atomic E-state index is 12.8. The fourth-order valence-electron chi connectivity index (χ4n) is 4.07. The van der Waals surface area contributed by atoms with Crippen molar-refractivity contribution in [1.82, 2.24) is 5.32 Å². The number of amides is 1. The second kappa shape index (κ2) is 10.4. The van der Waals surface area contributed by atoms with E-state index in [-0.39, 0.29) is 11.9 Å². The van der Waals surface area contributed by atoms with E-state index in [0.717, 1.165) is 30.1 Å². The predicted octanol–water partition coefficient (Wildman–Crippen LogP) is 5.99. The van der Waals surface area contributed by atoms with E-state index < -0.39 is 0 Å². The highest BCUT2D eigenvalue weighted by Gasteiger charge is 2.17. The van der Waals surface area contributed by atoms with Crippen molar-refractivity contribution in [2.24, 2.45) is 5.92 Å². The summed E-state index contributed by atoms with van der Waals surface area (Å²) in [7, 11) is 0. The van der Waals surface area contributed by atoms with Gasteiger partial charge < -0.3 is 15.0 Å². The third kappa shape index (κ3) is 5.70. The number of piperidine rings is 1. The van der Waals surface area contributed by atoms with E-state index in [1.807, 2.05) is 55.5 Å². The molecule has 0 aromatic heterocycles. The highest BCUT2D eigenvalue weighted by molar-refractivity contribution is 5.94. The van der Waals surface area contributed by atoms with Crippen molar-refractivity contribution in [3.05, 3.63) is 95.6 Å². The van der Waals surface area contributed by atoms with Gasteiger partial charge in [-0.05, 0) is 67.1 Å². The molecule has 166 valence electrons. The molecule has 1 aliphatic heterocycles. The van der Waals surface area contributed by atoms with Crippen molar-refractivity contribution < 1.29 is 9.53 Å². The zero-order chi connectivity index (χ0) is 22.3. The van der Waals surface area contributed by atoms with Crippen LogP contribution >= 0.6 is 0 Å². The summed E-state index contributed by atoms with van der Waals surface area (Å²) in [6, 6.07) is 25.9. The number of ether oxygens (including phenoxy) is 1. The van der Waals surface area contributed by atoms with Gasteiger partial charge in [0.15, 0.2) is 0 Å². The largest absolute Gasteiger partial charge is 0.489 e. The molecule has 1 N–H and O–H groups in total. The number of hydrogen-bond donors (Lipinski definition) is 1. The van der Waals surface area contributed by atoms with E-state index in [4.69, 9.17) is 4.74 Å². The number of rotatable bonds is 7. The minimum absolute atomic E-state index is 0.0770. The third-order valence-corrected chi connectivity index (χ3v) is 6.23. The van der Waals surface area contributed by atoms with Crippen LogP contribution in [0.3, 0.4) is 0 Å². The van der Waals surface area contributed by atoms with E-state index in [1.165, 1.54) is 18.5 Å². The fourth-order valence-corrected chi connectivity index (χ4v) is 4.07. The summed E-state index contributed by atoms with van der Waals surface area (Å²) in [4.78, 5) is 15.3. The lowest BCUT2D eigenvalue weighted by atomic mass is 9.98. The molecule has 32 heavy (non-hydrogen) atoms. The molecule has 0 unspecified atom stereocenters. The van der Waals surface area contributed by atoms with Crippen molar-refractivity contribution in [3.8, 4) is 5.75 Å². The van der Waals surface area contributed by atoms with Gasteiger partial charge in [-0.15, -0.1) is 0 Å². The molecule has 0 aliphatic carbocycles. The number of hydrogen-bond acceptors (Lipinski definition) is 3. The van der Waals surface area contributed by atoms with Crippen LogP contribution in [-0.2, 0) is 6.61 Å². The molecule has 1 amide bonds. The first-order valence-corrected chi connectivity index (χ1v) is 11.5. The highest BCUT2D eigenvalue weighted by Crippen LogP contribution is 2.25. The molecule has 0 spiro atoms. The Bertz CT molecular complexity index is 1010. The topological polar surface area (TPSA) is 41.6 Å². The van der Waals surface area contributed by atoms with Gasteiger partial charge in [0.2, 0.25) is 0 Å². The Morgan fingerprint density at radius 1 is 1.00 bits per heavy atom. The predicted molar refractivity (Wildman–Crippen MR) is 130 cm³/mol. The Balaban J connectivity index is 1.34. The molecule has 4 rings (SSSR count). The second-order valence-electron chi connectivity index (χ2n) is 8.76. The van der Waals surface area contributed by atoms with E-state index >= 15 is 0 Å². The molecule has 4 nitrogen and oxygen atoms in total. The first kappa shape index (κ1) is 21.9. The minimum atomic E-state index is -0.100. The molecule has 3 aromatic carbocycles. The van der Waals surface area contributed by atoms with Crippen LogP contribution in [0.1, 0.15) is 54.2 Å². The SMILES string of the molecule is CC1CCN(c2ccc([C@H](C)NC(=O)c3cccc(OCc4ccccc4)c3)cc2)CC1. The molecule has 1 saturated heterocycles. The van der Waals surface area contributed by atoms with Gasteiger partial charge in [0.05, 0.1) is 6.04 Å². The van der Waals surface area contributed by atoms with Crippen molar-refractivity contribution >= 4 is 11.6 Å². The Morgan fingerprint density at radius 2 is 1.72 bits per heavy atom. The van der Waals surface area contributed by atoms with Gasteiger partial charge >= 0.3 is 0 Å². The monoisotopic (exact) mass is 428 g/mol. The molecular formula is C28H32N2O2. The van der Waals surface area contributed by atoms with Crippen LogP contribution in [0.15, 0.2) is 78.9 Å². The molecule has 4 heteroatoms. The van der Waals surface area contributed by atoms with Gasteiger partial charge in [0, 0.05) is 24.3 Å². The van der Waals surface area contributed by atoms with E-state index in [1.54, 1.807) is 6.07 Å². The lowest BCUT2D eigenvalue weighted by molar-refractivity contribution is 0.0939. The third-order valence-electron chi connectivity index (χ3n) is 6.23. The number of benzene rings is 3. The average molecular weight is 429 g/mol. The smallest absolute Gasteiger partial charge is 0.251 e. The Labute approximate surface area is 191 Å². The van der Waals surface area contributed by atoms with E-state index in [9.17, 15) is 4.79 Å². The first-order chi connectivity index (χ1) is 15.6. The van der Waals surface area contributed by atoms with E-state index in [0.29, 0.717) is 17.9 Å². The summed E-state index contributed by atoms with van der Waals surface area (Å²) in [5, 5.41) is 3.11. The van der Waals surface area contributed by atoms with Crippen LogP contribution in [-0.4, -0.2) is 19.0 Å². The molecule has 3 aromatic rings. The number of nitrogens with zero attached hydrogens (tertiary/aromatic N) is 1. The zero-order valence-electron chi connectivity index (χ0n) is 19.0. The molecule has 0 saturated carbocycles. The van der Waals surface area contributed by atoms with Crippen molar-refractivity contribution in [3.63, 3.8) is 0 Å². The van der Waals surface area contributed by atoms with Gasteiger partial charge in [-0.25, -0.2) is 0 Å². The van der Waals surface area contributed by atoms with Crippen LogP contribution in [0.5, 0.6) is 5.75 Å². The Morgan fingerprint density at radius 3 is 2.44 bits per heavy atom. The van der Waals surface area contributed by atoms with Crippen molar-refractivity contribution in [2.75, 3.05) is 18.0 Å². The summed E-state index contributed by atoms with van der Waals surface area (Å²) in [5.41, 5.74) is 4.06. The number of carbonyl (C=O) groups excluding carboxylic acids is 1. The molecule has 1 heterocycles. The fraction of sp³-hybridized carbons (Fsp3) is 0.321. The van der Waals surface area contributed by atoms with Crippen LogP contribution in [0.4, 0.5) is 5.69 Å². The van der Waals surface area contributed by atoms with Crippen LogP contribution in [0.25, 0.3) is 0 Å². The maximum atomic E-state index is 12.8. The number of nitrogens with one attached hydrogen (secondary N) is 1. The summed E-state index contributed by atoms with van der Waals surface area (Å²) in [6.45, 7) is 7.07. The van der Waals surface area contributed by atoms with Crippen LogP contribution in [0, 0.1) is 5.92 Å². The Kier molecular flexibility index (Phi) is 7.10. The summed E-state index contributed by atoms with van der Waals surface area (Å²) >= 11 is 0. The van der Waals surface area contributed by atoms with Crippen molar-refractivity contribution in [1.29, 1.82) is 0 Å².